The van der Waals surface area contributed by atoms with Crippen LogP contribution in [0.1, 0.15) is 31.4 Å². The third kappa shape index (κ3) is 4.29. The smallest absolute Gasteiger partial charge is 0.241 e. The number of likely N-dealkylation sites (N-methyl/N-ethyl adjacent to an activating group) is 1. The Balaban J connectivity index is 1.93. The summed E-state index contributed by atoms with van der Waals surface area (Å²) in [4.78, 5) is 16.9. The third-order valence-electron chi connectivity index (χ3n) is 4.22. The van der Waals surface area contributed by atoms with Crippen molar-refractivity contribution in [3.05, 3.63) is 35.9 Å². The highest BCUT2D eigenvalue weighted by atomic mass is 16.2. The molecule has 0 spiro atoms. The maximum Gasteiger partial charge on any atom is 0.241 e. The summed E-state index contributed by atoms with van der Waals surface area (Å²) in [5, 5.41) is 3.12. The molecule has 0 unspecified atom stereocenters. The molecule has 0 aromatic heterocycles. The minimum Gasteiger partial charge on any atom is -0.353 e. The summed E-state index contributed by atoms with van der Waals surface area (Å²) >= 11 is 0. The maximum atomic E-state index is 12.5. The molecule has 2 rings (SSSR count). The Bertz CT molecular complexity index is 441. The van der Waals surface area contributed by atoms with Gasteiger partial charge < -0.3 is 5.32 Å². The van der Waals surface area contributed by atoms with Gasteiger partial charge in [-0.05, 0) is 52.5 Å². The minimum atomic E-state index is -0.225. The van der Waals surface area contributed by atoms with E-state index in [0.717, 1.165) is 25.2 Å². The van der Waals surface area contributed by atoms with Gasteiger partial charge in [-0.25, -0.2) is 0 Å². The molecule has 1 amide bonds. The number of carbonyl (C=O) groups is 1. The molecule has 0 radical (unpaired) electrons. The maximum absolute atomic E-state index is 12.5. The van der Waals surface area contributed by atoms with Gasteiger partial charge in [-0.15, -0.1) is 0 Å². The third-order valence-corrected chi connectivity index (χ3v) is 4.22. The van der Waals surface area contributed by atoms with Crippen molar-refractivity contribution < 1.29 is 4.79 Å². The first kappa shape index (κ1) is 16.0. The monoisotopic (exact) mass is 289 g/mol. The average molecular weight is 289 g/mol. The lowest BCUT2D eigenvalue weighted by Crippen LogP contribution is -2.44. The summed E-state index contributed by atoms with van der Waals surface area (Å²) in [7, 11) is 3.89. The van der Waals surface area contributed by atoms with Crippen LogP contribution in [0.4, 0.5) is 0 Å². The predicted octanol–water partition coefficient (Wildman–Crippen LogP) is 1.89. The molecule has 4 heteroatoms. The van der Waals surface area contributed by atoms with E-state index in [9.17, 15) is 4.79 Å². The summed E-state index contributed by atoms with van der Waals surface area (Å²) in [6.45, 7) is 5.23. The molecule has 1 fully saturated rings. The Labute approximate surface area is 128 Å². The zero-order valence-electron chi connectivity index (χ0n) is 13.4. The fourth-order valence-corrected chi connectivity index (χ4v) is 2.98. The van der Waals surface area contributed by atoms with Crippen LogP contribution in [0.3, 0.4) is 0 Å². The summed E-state index contributed by atoms with van der Waals surface area (Å²) in [5.41, 5.74) is 1.04. The fourth-order valence-electron chi connectivity index (χ4n) is 2.98. The van der Waals surface area contributed by atoms with Gasteiger partial charge in [0.1, 0.15) is 6.04 Å². The van der Waals surface area contributed by atoms with Gasteiger partial charge in [-0.3, -0.25) is 14.6 Å². The van der Waals surface area contributed by atoms with Crippen molar-refractivity contribution in [1.82, 2.24) is 15.1 Å². The molecular formula is C17H27N3O. The van der Waals surface area contributed by atoms with Crippen molar-refractivity contribution in [3.63, 3.8) is 0 Å². The predicted molar refractivity (Wildman–Crippen MR) is 86.1 cm³/mol. The van der Waals surface area contributed by atoms with E-state index in [1.54, 1.807) is 0 Å². The molecule has 1 aliphatic rings. The highest BCUT2D eigenvalue weighted by Gasteiger charge is 2.24. The second-order valence-electron chi connectivity index (χ2n) is 6.11. The molecule has 1 aromatic carbocycles. The topological polar surface area (TPSA) is 35.6 Å². The van der Waals surface area contributed by atoms with Crippen LogP contribution >= 0.6 is 0 Å². The molecule has 1 heterocycles. The number of likely N-dealkylation sites (tertiary alicyclic amines) is 1. The van der Waals surface area contributed by atoms with Crippen LogP contribution in [-0.4, -0.2) is 55.5 Å². The van der Waals surface area contributed by atoms with Gasteiger partial charge >= 0.3 is 0 Å². The number of nitrogens with one attached hydrogen (secondary N) is 1. The van der Waals surface area contributed by atoms with Crippen molar-refractivity contribution in [2.45, 2.75) is 31.8 Å². The molecule has 116 valence electrons. The van der Waals surface area contributed by atoms with Crippen molar-refractivity contribution >= 4 is 5.91 Å². The van der Waals surface area contributed by atoms with Gasteiger partial charge in [-0.2, -0.15) is 0 Å². The van der Waals surface area contributed by atoms with E-state index in [1.807, 2.05) is 49.3 Å². The zero-order chi connectivity index (χ0) is 15.2. The van der Waals surface area contributed by atoms with Gasteiger partial charge in [0, 0.05) is 12.6 Å². The SMILES string of the molecule is C[C@@H](CNC(=O)[C@H](c1ccccc1)N(C)C)N1CCCC1. The first-order valence-corrected chi connectivity index (χ1v) is 7.82. The summed E-state index contributed by atoms with van der Waals surface area (Å²) < 4.78 is 0. The summed E-state index contributed by atoms with van der Waals surface area (Å²) in [6, 6.07) is 10.1. The van der Waals surface area contributed by atoms with Crippen LogP contribution in [0, 0.1) is 0 Å². The van der Waals surface area contributed by atoms with Crippen LogP contribution in [0.2, 0.25) is 0 Å². The quantitative estimate of drug-likeness (QED) is 0.868. The Morgan fingerprint density at radius 1 is 1.24 bits per heavy atom. The molecule has 0 saturated carbocycles. The largest absolute Gasteiger partial charge is 0.353 e. The lowest BCUT2D eigenvalue weighted by molar-refractivity contribution is -0.126. The number of hydrogen-bond acceptors (Lipinski definition) is 3. The Morgan fingerprint density at radius 2 is 1.86 bits per heavy atom. The van der Waals surface area contributed by atoms with Crippen molar-refractivity contribution in [1.29, 1.82) is 0 Å². The lowest BCUT2D eigenvalue weighted by atomic mass is 10.1. The normalized spacial score (nSPS) is 18.7. The first-order chi connectivity index (χ1) is 10.1. The molecule has 2 atom stereocenters. The number of benzene rings is 1. The van der Waals surface area contributed by atoms with E-state index in [1.165, 1.54) is 12.8 Å². The minimum absolute atomic E-state index is 0.0808. The number of carbonyl (C=O) groups excluding carboxylic acids is 1. The highest BCUT2D eigenvalue weighted by molar-refractivity contribution is 5.83. The Morgan fingerprint density at radius 3 is 2.43 bits per heavy atom. The Kier molecular flexibility index (Phi) is 5.76. The average Bonchev–Trinajstić information content (AvgIpc) is 3.00. The van der Waals surface area contributed by atoms with E-state index in [2.05, 4.69) is 17.1 Å². The highest BCUT2D eigenvalue weighted by Crippen LogP contribution is 2.18. The molecule has 4 nitrogen and oxygen atoms in total. The zero-order valence-corrected chi connectivity index (χ0v) is 13.4. The number of hydrogen-bond donors (Lipinski definition) is 1. The number of amides is 1. The van der Waals surface area contributed by atoms with E-state index >= 15 is 0 Å². The fraction of sp³-hybridized carbons (Fsp3) is 0.588. The van der Waals surface area contributed by atoms with E-state index in [-0.39, 0.29) is 11.9 Å². The van der Waals surface area contributed by atoms with Crippen LogP contribution < -0.4 is 5.32 Å². The van der Waals surface area contributed by atoms with Crippen LogP contribution in [0.15, 0.2) is 30.3 Å². The van der Waals surface area contributed by atoms with E-state index in [0.29, 0.717) is 6.04 Å². The second kappa shape index (κ2) is 7.57. The summed E-state index contributed by atoms with van der Waals surface area (Å²) in [6.07, 6.45) is 2.56. The van der Waals surface area contributed by atoms with Crippen molar-refractivity contribution in [2.24, 2.45) is 0 Å². The van der Waals surface area contributed by atoms with Gasteiger partial charge in [0.05, 0.1) is 0 Å². The molecule has 21 heavy (non-hydrogen) atoms. The van der Waals surface area contributed by atoms with E-state index < -0.39 is 0 Å². The van der Waals surface area contributed by atoms with Crippen molar-refractivity contribution in [2.75, 3.05) is 33.7 Å². The first-order valence-electron chi connectivity index (χ1n) is 7.82. The van der Waals surface area contributed by atoms with Gasteiger partial charge in [-0.1, -0.05) is 30.3 Å². The molecular weight excluding hydrogens is 262 g/mol. The van der Waals surface area contributed by atoms with Crippen LogP contribution in [-0.2, 0) is 4.79 Å². The molecule has 0 bridgehead atoms. The Hall–Kier alpha value is -1.39. The molecule has 1 saturated heterocycles. The molecule has 1 aromatic rings. The summed E-state index contributed by atoms with van der Waals surface area (Å²) in [5.74, 6) is 0.0808. The molecule has 1 aliphatic heterocycles. The van der Waals surface area contributed by atoms with Crippen LogP contribution in [0.25, 0.3) is 0 Å². The lowest BCUT2D eigenvalue weighted by Gasteiger charge is -2.27. The van der Waals surface area contributed by atoms with Gasteiger partial charge in [0.2, 0.25) is 5.91 Å². The standard InChI is InChI=1S/C17H27N3O/c1-14(20-11-7-8-12-20)13-18-17(21)16(19(2)3)15-9-5-4-6-10-15/h4-6,9-10,14,16H,7-8,11-13H2,1-3H3,(H,18,21)/t14-,16-/m0/s1. The van der Waals surface area contributed by atoms with E-state index in [4.69, 9.17) is 0 Å². The van der Waals surface area contributed by atoms with Gasteiger partial charge in [0.25, 0.3) is 0 Å². The number of rotatable bonds is 6. The van der Waals surface area contributed by atoms with Gasteiger partial charge in [0.15, 0.2) is 0 Å². The molecule has 0 aliphatic carbocycles. The molecule has 1 N–H and O–H groups in total. The van der Waals surface area contributed by atoms with Crippen LogP contribution in [0.5, 0.6) is 0 Å². The second-order valence-corrected chi connectivity index (χ2v) is 6.11. The van der Waals surface area contributed by atoms with Crippen molar-refractivity contribution in [3.8, 4) is 0 Å². The number of nitrogens with zero attached hydrogens (tertiary/aromatic N) is 2.